The van der Waals surface area contributed by atoms with Crippen molar-refractivity contribution in [1.82, 2.24) is 0 Å². The molecule has 1 aliphatic rings. The van der Waals surface area contributed by atoms with Crippen LogP contribution in [0.2, 0.25) is 0 Å². The Balaban J connectivity index is 2.07. The van der Waals surface area contributed by atoms with Gasteiger partial charge in [0.15, 0.2) is 0 Å². The second-order valence-electron chi connectivity index (χ2n) is 5.71. The van der Waals surface area contributed by atoms with E-state index in [9.17, 15) is 9.65 Å². The quantitative estimate of drug-likeness (QED) is 0.850. The van der Waals surface area contributed by atoms with E-state index in [-0.39, 0.29) is 11.6 Å². The Kier molecular flexibility index (Phi) is 4.57. The summed E-state index contributed by atoms with van der Waals surface area (Å²) in [7, 11) is 3.26. The normalized spacial score (nSPS) is 16.8. The number of methoxy groups -OCH3 is 2. The monoisotopic (exact) mass is 326 g/mol. The van der Waals surface area contributed by atoms with Gasteiger partial charge in [-0.3, -0.25) is 0 Å². The first-order chi connectivity index (χ1) is 11.7. The fourth-order valence-electron chi connectivity index (χ4n) is 3.34. The summed E-state index contributed by atoms with van der Waals surface area (Å²) in [5, 5.41) is 9.34. The summed E-state index contributed by atoms with van der Waals surface area (Å²) >= 11 is 0. The minimum Gasteiger partial charge on any atom is -0.497 e. The predicted molar refractivity (Wildman–Crippen MR) is 90.0 cm³/mol. The van der Waals surface area contributed by atoms with Gasteiger partial charge in [-0.05, 0) is 43.2 Å². The maximum absolute atomic E-state index is 14.0. The van der Waals surface area contributed by atoms with Gasteiger partial charge in [0, 0.05) is 12.1 Å². The Morgan fingerprint density at radius 1 is 1.21 bits per heavy atom. The summed E-state index contributed by atoms with van der Waals surface area (Å²) in [6.07, 6.45) is 1.87. The molecule has 5 heteroatoms. The molecule has 1 atom stereocenters. The first-order valence-corrected chi connectivity index (χ1v) is 7.86. The van der Waals surface area contributed by atoms with E-state index < -0.39 is 5.82 Å². The second-order valence-corrected chi connectivity index (χ2v) is 5.71. The minimum atomic E-state index is -0.488. The summed E-state index contributed by atoms with van der Waals surface area (Å²) in [6.45, 7) is 0.767. The molecule has 0 N–H and O–H groups in total. The summed E-state index contributed by atoms with van der Waals surface area (Å²) in [5.74, 6) is 1.03. The molecule has 3 rings (SSSR count). The lowest BCUT2D eigenvalue weighted by Crippen LogP contribution is -2.24. The van der Waals surface area contributed by atoms with E-state index in [4.69, 9.17) is 9.47 Å². The van der Waals surface area contributed by atoms with E-state index in [2.05, 4.69) is 4.90 Å². The summed E-state index contributed by atoms with van der Waals surface area (Å²) in [4.78, 5) is 2.08. The lowest BCUT2D eigenvalue weighted by molar-refractivity contribution is 0.395. The predicted octanol–water partition coefficient (Wildman–Crippen LogP) is 4.06. The van der Waals surface area contributed by atoms with E-state index >= 15 is 0 Å². The number of hydrogen-bond acceptors (Lipinski definition) is 4. The second kappa shape index (κ2) is 6.79. The first-order valence-electron chi connectivity index (χ1n) is 7.86. The van der Waals surface area contributed by atoms with Crippen LogP contribution < -0.4 is 14.4 Å². The highest BCUT2D eigenvalue weighted by molar-refractivity contribution is 5.62. The van der Waals surface area contributed by atoms with Crippen molar-refractivity contribution in [2.45, 2.75) is 18.9 Å². The molecule has 0 amide bonds. The Morgan fingerprint density at radius 3 is 2.75 bits per heavy atom. The van der Waals surface area contributed by atoms with E-state index in [0.29, 0.717) is 5.69 Å². The number of nitrogens with zero attached hydrogens (tertiary/aromatic N) is 2. The number of ether oxygens (including phenoxy) is 2. The van der Waals surface area contributed by atoms with Crippen molar-refractivity contribution < 1.29 is 13.9 Å². The number of hydrogen-bond donors (Lipinski definition) is 0. The van der Waals surface area contributed by atoms with Gasteiger partial charge in [-0.2, -0.15) is 5.26 Å². The average Bonchev–Trinajstić information content (AvgIpc) is 3.10. The van der Waals surface area contributed by atoms with Crippen LogP contribution >= 0.6 is 0 Å². The Hall–Kier alpha value is -2.74. The molecule has 0 aliphatic carbocycles. The molecule has 0 spiro atoms. The Labute approximate surface area is 141 Å². The van der Waals surface area contributed by atoms with Gasteiger partial charge < -0.3 is 14.4 Å². The maximum atomic E-state index is 14.0. The lowest BCUT2D eigenvalue weighted by atomic mass is 10.0. The van der Waals surface area contributed by atoms with Gasteiger partial charge in [0.25, 0.3) is 0 Å². The smallest absolute Gasteiger partial charge is 0.143 e. The van der Waals surface area contributed by atoms with Crippen LogP contribution in [0.1, 0.15) is 30.0 Å². The zero-order chi connectivity index (χ0) is 17.1. The lowest BCUT2D eigenvalue weighted by Gasteiger charge is -2.29. The number of nitriles is 1. The fourth-order valence-corrected chi connectivity index (χ4v) is 3.34. The summed E-state index contributed by atoms with van der Waals surface area (Å²) < 4.78 is 24.8. The molecule has 1 fully saturated rings. The molecule has 4 nitrogen and oxygen atoms in total. The highest BCUT2D eigenvalue weighted by Gasteiger charge is 2.31. The molecule has 24 heavy (non-hydrogen) atoms. The van der Waals surface area contributed by atoms with Crippen LogP contribution in [0.25, 0.3) is 0 Å². The van der Waals surface area contributed by atoms with Crippen molar-refractivity contribution >= 4 is 5.69 Å². The molecule has 0 aromatic heterocycles. The third kappa shape index (κ3) is 2.76. The van der Waals surface area contributed by atoms with Gasteiger partial charge in [-0.1, -0.05) is 6.07 Å². The molecule has 1 aliphatic heterocycles. The highest BCUT2D eigenvalue weighted by Crippen LogP contribution is 2.42. The van der Waals surface area contributed by atoms with Gasteiger partial charge in [-0.25, -0.2) is 4.39 Å². The zero-order valence-corrected chi connectivity index (χ0v) is 13.8. The minimum absolute atomic E-state index is 0.0175. The van der Waals surface area contributed by atoms with Crippen LogP contribution in [0.4, 0.5) is 10.1 Å². The number of anilines is 1. The molecular formula is C19H19FN2O2. The molecule has 0 bridgehead atoms. The van der Waals surface area contributed by atoms with Crippen molar-refractivity contribution in [3.05, 3.63) is 53.3 Å². The van der Waals surface area contributed by atoms with E-state index in [1.54, 1.807) is 26.4 Å². The van der Waals surface area contributed by atoms with Crippen LogP contribution in [-0.4, -0.2) is 20.8 Å². The number of halogens is 1. The standard InChI is InChI=1S/C19H19FN2O2/c1-23-13-8-9-19(24-2)14(11-13)17-7-4-10-22(17)18-6-3-5-16(20)15(18)12-21/h3,5-6,8-9,11,17H,4,7,10H2,1-2H3. The van der Waals surface area contributed by atoms with Crippen LogP contribution in [0, 0.1) is 17.1 Å². The average molecular weight is 326 g/mol. The number of benzene rings is 2. The third-order valence-electron chi connectivity index (χ3n) is 4.46. The first kappa shape index (κ1) is 16.1. The van der Waals surface area contributed by atoms with E-state index in [0.717, 1.165) is 36.4 Å². The molecular weight excluding hydrogens is 307 g/mol. The van der Waals surface area contributed by atoms with Gasteiger partial charge in [0.1, 0.15) is 28.9 Å². The van der Waals surface area contributed by atoms with Crippen molar-refractivity contribution in [2.24, 2.45) is 0 Å². The largest absolute Gasteiger partial charge is 0.497 e. The zero-order valence-electron chi connectivity index (χ0n) is 13.8. The van der Waals surface area contributed by atoms with Crippen molar-refractivity contribution in [3.63, 3.8) is 0 Å². The SMILES string of the molecule is COc1ccc(OC)c(C2CCCN2c2cccc(F)c2C#N)c1. The van der Waals surface area contributed by atoms with Gasteiger partial charge in [0.05, 0.1) is 25.9 Å². The van der Waals surface area contributed by atoms with E-state index in [1.807, 2.05) is 24.3 Å². The Morgan fingerprint density at radius 2 is 2.04 bits per heavy atom. The maximum Gasteiger partial charge on any atom is 0.143 e. The van der Waals surface area contributed by atoms with Gasteiger partial charge >= 0.3 is 0 Å². The van der Waals surface area contributed by atoms with Crippen LogP contribution in [0.3, 0.4) is 0 Å². The van der Waals surface area contributed by atoms with Crippen molar-refractivity contribution in [1.29, 1.82) is 5.26 Å². The summed E-state index contributed by atoms with van der Waals surface area (Å²) in [6, 6.07) is 12.4. The van der Waals surface area contributed by atoms with Crippen LogP contribution in [0.5, 0.6) is 11.5 Å². The number of rotatable bonds is 4. The van der Waals surface area contributed by atoms with Gasteiger partial charge in [-0.15, -0.1) is 0 Å². The highest BCUT2D eigenvalue weighted by atomic mass is 19.1. The molecule has 0 radical (unpaired) electrons. The van der Waals surface area contributed by atoms with Crippen molar-refractivity contribution in [2.75, 3.05) is 25.7 Å². The van der Waals surface area contributed by atoms with Crippen LogP contribution in [0.15, 0.2) is 36.4 Å². The fraction of sp³-hybridized carbons (Fsp3) is 0.316. The molecule has 2 aromatic carbocycles. The third-order valence-corrected chi connectivity index (χ3v) is 4.46. The van der Waals surface area contributed by atoms with Crippen LogP contribution in [-0.2, 0) is 0 Å². The topological polar surface area (TPSA) is 45.5 Å². The summed E-state index contributed by atoms with van der Waals surface area (Å²) in [5.41, 5.74) is 1.71. The van der Waals surface area contributed by atoms with E-state index in [1.165, 1.54) is 6.07 Å². The van der Waals surface area contributed by atoms with Crippen molar-refractivity contribution in [3.8, 4) is 17.6 Å². The molecule has 0 saturated carbocycles. The molecule has 1 saturated heterocycles. The molecule has 124 valence electrons. The molecule has 1 unspecified atom stereocenters. The van der Waals surface area contributed by atoms with Gasteiger partial charge in [0.2, 0.25) is 0 Å². The molecule has 2 aromatic rings. The Bertz CT molecular complexity index is 785. The molecule has 1 heterocycles.